The van der Waals surface area contributed by atoms with Crippen molar-refractivity contribution in [1.29, 1.82) is 0 Å². The molecule has 5 heteroatoms. The molecule has 1 atom stereocenters. The third kappa shape index (κ3) is 3.86. The minimum atomic E-state index is -0.764. The summed E-state index contributed by atoms with van der Waals surface area (Å²) in [5, 5.41) is 1.00. The number of rotatable bonds is 3. The molecule has 0 aliphatic carbocycles. The van der Waals surface area contributed by atoms with Crippen molar-refractivity contribution in [3.63, 3.8) is 0 Å². The number of benzene rings is 1. The van der Waals surface area contributed by atoms with Crippen molar-refractivity contribution in [2.75, 3.05) is 13.1 Å². The number of esters is 1. The zero-order valence-electron chi connectivity index (χ0n) is 15.2. The summed E-state index contributed by atoms with van der Waals surface area (Å²) in [4.78, 5) is 29.9. The van der Waals surface area contributed by atoms with E-state index in [0.29, 0.717) is 5.69 Å². The van der Waals surface area contributed by atoms with Crippen LogP contribution in [0.2, 0.25) is 0 Å². The lowest BCUT2D eigenvalue weighted by molar-refractivity contribution is -0.139. The summed E-state index contributed by atoms with van der Waals surface area (Å²) in [6.45, 7) is 7.21. The molecule has 0 radical (unpaired) electrons. The molecule has 0 unspecified atom stereocenters. The van der Waals surface area contributed by atoms with Gasteiger partial charge in [0.05, 0.1) is 0 Å². The average Bonchev–Trinajstić information content (AvgIpc) is 2.82. The number of carbonyl (C=O) groups excluding carboxylic acids is 2. The Hall–Kier alpha value is -2.30. The van der Waals surface area contributed by atoms with Crippen LogP contribution in [0.4, 0.5) is 0 Å². The second-order valence-electron chi connectivity index (χ2n) is 7.01. The molecule has 1 amide bonds. The molecule has 134 valence electrons. The van der Waals surface area contributed by atoms with Gasteiger partial charge in [0.2, 0.25) is 0 Å². The normalized spacial score (nSPS) is 16.5. The maximum absolute atomic E-state index is 12.5. The summed E-state index contributed by atoms with van der Waals surface area (Å²) in [6, 6.07) is 5.89. The zero-order valence-corrected chi connectivity index (χ0v) is 15.2. The predicted octanol–water partition coefficient (Wildman–Crippen LogP) is 3.73. The third-order valence-corrected chi connectivity index (χ3v) is 4.86. The highest BCUT2D eigenvalue weighted by atomic mass is 16.5. The number of H-pyrrole nitrogens is 1. The van der Waals surface area contributed by atoms with Gasteiger partial charge in [0, 0.05) is 24.0 Å². The van der Waals surface area contributed by atoms with Crippen molar-refractivity contribution < 1.29 is 14.3 Å². The van der Waals surface area contributed by atoms with Crippen molar-refractivity contribution in [2.45, 2.75) is 52.6 Å². The smallest absolute Gasteiger partial charge is 0.355 e. The molecule has 1 aromatic heterocycles. The number of nitrogens with one attached hydrogen (secondary N) is 1. The van der Waals surface area contributed by atoms with E-state index in [4.69, 9.17) is 4.74 Å². The van der Waals surface area contributed by atoms with E-state index in [2.05, 4.69) is 11.1 Å². The standard InChI is InChI=1S/C20H26N2O3/c1-13-10-14(2)16-12-18(21-17(16)11-13)20(24)25-15(3)19(23)22-8-6-4-5-7-9-22/h10-12,15,21H,4-9H2,1-3H3/t15-/m0/s1. The number of likely N-dealkylation sites (tertiary alicyclic amines) is 1. The minimum Gasteiger partial charge on any atom is -0.448 e. The Bertz CT molecular complexity index is 786. The van der Waals surface area contributed by atoms with Gasteiger partial charge in [-0.15, -0.1) is 0 Å². The highest BCUT2D eigenvalue weighted by Crippen LogP contribution is 2.22. The number of amides is 1. The molecule has 0 bridgehead atoms. The maximum Gasteiger partial charge on any atom is 0.355 e. The van der Waals surface area contributed by atoms with Crippen molar-refractivity contribution in [2.24, 2.45) is 0 Å². The van der Waals surface area contributed by atoms with Crippen molar-refractivity contribution in [3.05, 3.63) is 35.0 Å². The van der Waals surface area contributed by atoms with Crippen LogP contribution in [0.1, 0.15) is 54.2 Å². The highest BCUT2D eigenvalue weighted by Gasteiger charge is 2.25. The van der Waals surface area contributed by atoms with Gasteiger partial charge in [-0.3, -0.25) is 4.79 Å². The number of ether oxygens (including phenoxy) is 1. The minimum absolute atomic E-state index is 0.0987. The molecular formula is C20H26N2O3. The molecule has 0 spiro atoms. The number of aromatic nitrogens is 1. The lowest BCUT2D eigenvalue weighted by Gasteiger charge is -2.23. The van der Waals surface area contributed by atoms with Gasteiger partial charge in [0.15, 0.2) is 6.10 Å². The number of hydrogen-bond donors (Lipinski definition) is 1. The predicted molar refractivity (Wildman–Crippen MR) is 97.7 cm³/mol. The quantitative estimate of drug-likeness (QED) is 0.865. The van der Waals surface area contributed by atoms with E-state index in [9.17, 15) is 9.59 Å². The number of nitrogens with zero attached hydrogens (tertiary/aromatic N) is 1. The second-order valence-corrected chi connectivity index (χ2v) is 7.01. The van der Waals surface area contributed by atoms with Crippen LogP contribution in [0.3, 0.4) is 0 Å². The van der Waals surface area contributed by atoms with Crippen LogP contribution < -0.4 is 0 Å². The largest absolute Gasteiger partial charge is 0.448 e. The van der Waals surface area contributed by atoms with E-state index in [0.717, 1.165) is 60.8 Å². The lowest BCUT2D eigenvalue weighted by Crippen LogP contribution is -2.40. The van der Waals surface area contributed by atoms with Gasteiger partial charge >= 0.3 is 5.97 Å². The van der Waals surface area contributed by atoms with Crippen LogP contribution in [-0.2, 0) is 9.53 Å². The molecule has 2 aromatic rings. The van der Waals surface area contributed by atoms with Crippen LogP contribution >= 0.6 is 0 Å². The van der Waals surface area contributed by atoms with Crippen LogP contribution in [0.25, 0.3) is 10.9 Å². The third-order valence-electron chi connectivity index (χ3n) is 4.86. The van der Waals surface area contributed by atoms with Crippen LogP contribution in [0, 0.1) is 13.8 Å². The molecule has 1 N–H and O–H groups in total. The Kier molecular flexibility index (Phi) is 5.11. The fourth-order valence-corrected chi connectivity index (χ4v) is 3.53. The Labute approximate surface area is 148 Å². The van der Waals surface area contributed by atoms with Gasteiger partial charge in [-0.25, -0.2) is 4.79 Å². The first-order valence-electron chi connectivity index (χ1n) is 9.05. The van der Waals surface area contributed by atoms with Crippen LogP contribution in [-0.4, -0.2) is 41.0 Å². The molecule has 25 heavy (non-hydrogen) atoms. The molecular weight excluding hydrogens is 316 g/mol. The van der Waals surface area contributed by atoms with E-state index >= 15 is 0 Å². The summed E-state index contributed by atoms with van der Waals surface area (Å²) in [7, 11) is 0. The first kappa shape index (κ1) is 17.5. The Morgan fingerprint density at radius 2 is 1.76 bits per heavy atom. The van der Waals surface area contributed by atoms with E-state index in [-0.39, 0.29) is 5.91 Å². The number of carbonyl (C=O) groups is 2. The summed E-state index contributed by atoms with van der Waals surface area (Å²) in [5.41, 5.74) is 3.55. The molecule has 1 aliphatic rings. The number of aromatic amines is 1. The number of aryl methyl sites for hydroxylation is 2. The van der Waals surface area contributed by atoms with Gasteiger partial charge in [0.1, 0.15) is 5.69 Å². The van der Waals surface area contributed by atoms with Crippen molar-refractivity contribution in [3.8, 4) is 0 Å². The molecule has 3 rings (SSSR count). The Morgan fingerprint density at radius 3 is 2.44 bits per heavy atom. The zero-order chi connectivity index (χ0) is 18.0. The second kappa shape index (κ2) is 7.30. The molecule has 1 saturated heterocycles. The fraction of sp³-hybridized carbons (Fsp3) is 0.500. The summed E-state index contributed by atoms with van der Waals surface area (Å²) in [5.74, 6) is -0.581. The molecule has 0 saturated carbocycles. The van der Waals surface area contributed by atoms with Gasteiger partial charge in [-0.2, -0.15) is 0 Å². The summed E-state index contributed by atoms with van der Waals surface area (Å²) >= 11 is 0. The van der Waals surface area contributed by atoms with Gasteiger partial charge in [-0.1, -0.05) is 18.9 Å². The molecule has 1 fully saturated rings. The molecule has 1 aliphatic heterocycles. The Morgan fingerprint density at radius 1 is 1.08 bits per heavy atom. The van der Waals surface area contributed by atoms with Gasteiger partial charge in [-0.05, 0) is 56.9 Å². The van der Waals surface area contributed by atoms with Gasteiger partial charge < -0.3 is 14.6 Å². The topological polar surface area (TPSA) is 62.4 Å². The van der Waals surface area contributed by atoms with Gasteiger partial charge in [0.25, 0.3) is 5.91 Å². The average molecular weight is 342 g/mol. The first-order valence-corrected chi connectivity index (χ1v) is 9.05. The molecule has 1 aromatic carbocycles. The van der Waals surface area contributed by atoms with Crippen molar-refractivity contribution in [1.82, 2.24) is 9.88 Å². The summed E-state index contributed by atoms with van der Waals surface area (Å²) < 4.78 is 5.43. The highest BCUT2D eigenvalue weighted by molar-refractivity contribution is 5.97. The SMILES string of the molecule is Cc1cc(C)c2cc(C(=O)O[C@@H](C)C(=O)N3CCCCCC3)[nH]c2c1. The number of fused-ring (bicyclic) bond motifs is 1. The molecule has 2 heterocycles. The van der Waals surface area contributed by atoms with Crippen LogP contribution in [0.15, 0.2) is 18.2 Å². The van der Waals surface area contributed by atoms with Crippen LogP contribution in [0.5, 0.6) is 0 Å². The maximum atomic E-state index is 12.5. The fourth-order valence-electron chi connectivity index (χ4n) is 3.53. The summed E-state index contributed by atoms with van der Waals surface area (Å²) in [6.07, 6.45) is 3.59. The Balaban J connectivity index is 1.70. The lowest BCUT2D eigenvalue weighted by atomic mass is 10.1. The van der Waals surface area contributed by atoms with E-state index in [1.807, 2.05) is 24.8 Å². The van der Waals surface area contributed by atoms with Crippen molar-refractivity contribution >= 4 is 22.8 Å². The number of hydrogen-bond acceptors (Lipinski definition) is 3. The molecule has 5 nitrogen and oxygen atoms in total. The van der Waals surface area contributed by atoms with E-state index < -0.39 is 12.1 Å². The monoisotopic (exact) mass is 342 g/mol. The van der Waals surface area contributed by atoms with E-state index in [1.54, 1.807) is 13.0 Å². The van der Waals surface area contributed by atoms with E-state index in [1.165, 1.54) is 0 Å². The first-order chi connectivity index (χ1) is 12.0.